The molecule has 0 saturated carbocycles. The van der Waals surface area contributed by atoms with Crippen LogP contribution in [0.4, 0.5) is 5.69 Å². The van der Waals surface area contributed by atoms with Crippen molar-refractivity contribution < 1.29 is 9.66 Å². The molecule has 0 N–H and O–H groups in total. The highest BCUT2D eigenvalue weighted by Gasteiger charge is 2.04. The molecule has 0 fully saturated rings. The minimum atomic E-state index is -0.449. The Balaban J connectivity index is 1.75. The Morgan fingerprint density at radius 1 is 1.16 bits per heavy atom. The smallest absolute Gasteiger partial charge is 0.270 e. The Morgan fingerprint density at radius 3 is 2.58 bits per heavy atom. The highest BCUT2D eigenvalue weighted by Crippen LogP contribution is 2.16. The molecular weight excluding hydrogens is 242 g/mol. The maximum atomic E-state index is 10.5. The molecule has 1 radical (unpaired) electrons. The second kappa shape index (κ2) is 6.54. The number of benzene rings is 2. The Kier molecular flexibility index (Phi) is 4.50. The molecule has 0 spiro atoms. The van der Waals surface area contributed by atoms with E-state index in [1.807, 2.05) is 18.2 Å². The molecule has 0 aromatic heterocycles. The van der Waals surface area contributed by atoms with Crippen molar-refractivity contribution >= 4 is 5.69 Å². The molecule has 0 unspecified atom stereocenters. The van der Waals surface area contributed by atoms with E-state index in [-0.39, 0.29) is 5.69 Å². The van der Waals surface area contributed by atoms with Gasteiger partial charge in [-0.3, -0.25) is 10.1 Å². The third-order valence-corrected chi connectivity index (χ3v) is 2.69. The van der Waals surface area contributed by atoms with Crippen molar-refractivity contribution in [3.63, 3.8) is 0 Å². The van der Waals surface area contributed by atoms with Gasteiger partial charge in [0, 0.05) is 18.2 Å². The summed E-state index contributed by atoms with van der Waals surface area (Å²) in [6, 6.07) is 17.3. The first kappa shape index (κ1) is 13.1. The minimum absolute atomic E-state index is 0.0247. The zero-order chi connectivity index (χ0) is 13.5. The monoisotopic (exact) mass is 256 g/mol. The predicted molar refractivity (Wildman–Crippen MR) is 72.2 cm³/mol. The average molecular weight is 256 g/mol. The summed E-state index contributed by atoms with van der Waals surface area (Å²) in [7, 11) is 0. The van der Waals surface area contributed by atoms with E-state index in [4.69, 9.17) is 4.74 Å². The Morgan fingerprint density at radius 2 is 1.95 bits per heavy atom. The molecule has 2 rings (SSSR count). The number of non-ortho nitro benzene ring substituents is 1. The molecule has 0 amide bonds. The first-order valence-corrected chi connectivity index (χ1v) is 6.08. The molecule has 4 nitrogen and oxygen atoms in total. The van der Waals surface area contributed by atoms with Gasteiger partial charge in [-0.1, -0.05) is 30.3 Å². The van der Waals surface area contributed by atoms with Gasteiger partial charge >= 0.3 is 0 Å². The van der Waals surface area contributed by atoms with Crippen molar-refractivity contribution in [2.45, 2.75) is 12.8 Å². The van der Waals surface area contributed by atoms with Crippen LogP contribution >= 0.6 is 0 Å². The summed E-state index contributed by atoms with van der Waals surface area (Å²) >= 11 is 0. The number of rotatable bonds is 6. The Bertz CT molecular complexity index is 523. The lowest BCUT2D eigenvalue weighted by molar-refractivity contribution is -0.384. The maximum Gasteiger partial charge on any atom is 0.270 e. The van der Waals surface area contributed by atoms with E-state index in [0.717, 1.165) is 12.8 Å². The van der Waals surface area contributed by atoms with Crippen LogP contribution in [0, 0.1) is 16.2 Å². The number of nitro groups is 1. The van der Waals surface area contributed by atoms with E-state index in [1.165, 1.54) is 17.7 Å². The summed E-state index contributed by atoms with van der Waals surface area (Å²) in [5.41, 5.74) is 1.30. The fraction of sp³-hybridized carbons (Fsp3) is 0.200. The molecule has 19 heavy (non-hydrogen) atoms. The number of nitro benzene ring substituents is 1. The summed E-state index contributed by atoms with van der Waals surface area (Å²) in [6.07, 6.45) is 1.85. The standard InChI is InChI=1S/C15H14NO3/c17-16(18)14-8-10-15(11-9-14)19-12-4-7-13-5-2-1-3-6-13/h1-3,5-6,8-10H,4,7,12H2. The number of hydrogen-bond donors (Lipinski definition) is 0. The second-order valence-corrected chi connectivity index (χ2v) is 4.11. The van der Waals surface area contributed by atoms with Gasteiger partial charge in [-0.25, -0.2) is 0 Å². The van der Waals surface area contributed by atoms with E-state index in [0.29, 0.717) is 12.4 Å². The van der Waals surface area contributed by atoms with Gasteiger partial charge in [0.15, 0.2) is 0 Å². The average Bonchev–Trinajstić information content (AvgIpc) is 2.45. The van der Waals surface area contributed by atoms with Crippen LogP contribution in [0.3, 0.4) is 0 Å². The molecule has 0 bridgehead atoms. The minimum Gasteiger partial charge on any atom is -0.493 e. The summed E-state index contributed by atoms with van der Waals surface area (Å²) in [4.78, 5) is 10.0. The van der Waals surface area contributed by atoms with Gasteiger partial charge in [0.25, 0.3) is 5.69 Å². The van der Waals surface area contributed by atoms with Crippen LogP contribution in [-0.4, -0.2) is 11.5 Å². The third kappa shape index (κ3) is 4.10. The first-order chi connectivity index (χ1) is 9.25. The van der Waals surface area contributed by atoms with E-state index in [9.17, 15) is 10.1 Å². The molecular formula is C15H14NO3. The molecule has 2 aromatic carbocycles. The van der Waals surface area contributed by atoms with Crippen LogP contribution < -0.4 is 4.74 Å². The SMILES string of the molecule is O=[N+]([O-])c1c[c]c(OCCCc2ccccc2)cc1. The van der Waals surface area contributed by atoms with Crippen LogP contribution in [0.5, 0.6) is 5.75 Å². The second-order valence-electron chi connectivity index (χ2n) is 4.11. The molecule has 4 heteroatoms. The molecule has 2 aromatic rings. The lowest BCUT2D eigenvalue weighted by Crippen LogP contribution is -1.99. The van der Waals surface area contributed by atoms with Gasteiger partial charge in [-0.15, -0.1) is 0 Å². The van der Waals surface area contributed by atoms with Crippen molar-refractivity contribution in [3.05, 3.63) is 70.3 Å². The summed E-state index contributed by atoms with van der Waals surface area (Å²) < 4.78 is 5.48. The van der Waals surface area contributed by atoms with Crippen LogP contribution in [0.25, 0.3) is 0 Å². The van der Waals surface area contributed by atoms with Crippen molar-refractivity contribution in [2.75, 3.05) is 6.61 Å². The molecule has 0 aliphatic rings. The van der Waals surface area contributed by atoms with Crippen molar-refractivity contribution in [1.82, 2.24) is 0 Å². The lowest BCUT2D eigenvalue weighted by atomic mass is 10.1. The molecule has 0 heterocycles. The van der Waals surface area contributed by atoms with Crippen molar-refractivity contribution in [3.8, 4) is 5.75 Å². The Labute approximate surface area is 111 Å². The zero-order valence-corrected chi connectivity index (χ0v) is 10.4. The highest BCUT2D eigenvalue weighted by molar-refractivity contribution is 5.34. The normalized spacial score (nSPS) is 10.1. The predicted octanol–water partition coefficient (Wildman–Crippen LogP) is 3.41. The maximum absolute atomic E-state index is 10.5. The van der Waals surface area contributed by atoms with Crippen molar-refractivity contribution in [1.29, 1.82) is 0 Å². The van der Waals surface area contributed by atoms with E-state index < -0.39 is 4.92 Å². The Hall–Kier alpha value is -2.36. The van der Waals surface area contributed by atoms with Crippen LogP contribution in [-0.2, 0) is 6.42 Å². The van der Waals surface area contributed by atoms with Gasteiger partial charge in [-0.05, 0) is 24.5 Å². The molecule has 0 aliphatic carbocycles. The largest absolute Gasteiger partial charge is 0.493 e. The zero-order valence-electron chi connectivity index (χ0n) is 10.4. The van der Waals surface area contributed by atoms with Gasteiger partial charge in [-0.2, -0.15) is 0 Å². The topological polar surface area (TPSA) is 52.4 Å². The van der Waals surface area contributed by atoms with Crippen molar-refractivity contribution in [2.24, 2.45) is 0 Å². The summed E-state index contributed by atoms with van der Waals surface area (Å²) in [6.45, 7) is 0.573. The van der Waals surface area contributed by atoms with Crippen LogP contribution in [0.1, 0.15) is 12.0 Å². The van der Waals surface area contributed by atoms with Crippen LogP contribution in [0.15, 0.2) is 48.5 Å². The third-order valence-electron chi connectivity index (χ3n) is 2.69. The fourth-order valence-electron chi connectivity index (χ4n) is 1.71. The summed E-state index contributed by atoms with van der Waals surface area (Å²) in [5.74, 6) is 0.540. The van der Waals surface area contributed by atoms with Gasteiger partial charge in [0.1, 0.15) is 5.75 Å². The molecule has 97 valence electrons. The van der Waals surface area contributed by atoms with Crippen LogP contribution in [0.2, 0.25) is 0 Å². The number of nitrogens with zero attached hydrogens (tertiary/aromatic N) is 1. The lowest BCUT2D eigenvalue weighted by Gasteiger charge is -2.05. The van der Waals surface area contributed by atoms with E-state index in [2.05, 4.69) is 18.2 Å². The highest BCUT2D eigenvalue weighted by atomic mass is 16.6. The van der Waals surface area contributed by atoms with Gasteiger partial charge in [0.2, 0.25) is 0 Å². The quantitative estimate of drug-likeness (QED) is 0.452. The van der Waals surface area contributed by atoms with E-state index in [1.54, 1.807) is 6.07 Å². The number of ether oxygens (including phenoxy) is 1. The first-order valence-electron chi connectivity index (χ1n) is 6.08. The summed E-state index contributed by atoms with van der Waals surface area (Å²) in [5, 5.41) is 10.5. The van der Waals surface area contributed by atoms with Gasteiger partial charge < -0.3 is 4.74 Å². The van der Waals surface area contributed by atoms with E-state index >= 15 is 0 Å². The molecule has 0 saturated heterocycles. The number of aryl methyl sites for hydroxylation is 1. The van der Waals surface area contributed by atoms with Gasteiger partial charge in [0.05, 0.1) is 11.5 Å². The molecule has 0 atom stereocenters. The molecule has 0 aliphatic heterocycles. The number of hydrogen-bond acceptors (Lipinski definition) is 3. The fourth-order valence-corrected chi connectivity index (χ4v) is 1.71.